The number of nitriles is 1. The Kier molecular flexibility index (Phi) is 6.82. The van der Waals surface area contributed by atoms with Crippen LogP contribution in [-0.4, -0.2) is 5.97 Å². The van der Waals surface area contributed by atoms with Crippen molar-refractivity contribution in [3.05, 3.63) is 129 Å². The molecule has 0 saturated carbocycles. The number of esters is 1. The fraction of sp³-hybridized carbons (Fsp3) is 0.0323. The van der Waals surface area contributed by atoms with Crippen LogP contribution >= 0.6 is 34.5 Å². The molecule has 6 nitrogen and oxygen atoms in total. The first-order chi connectivity index (χ1) is 19.4. The molecule has 5 aromatic rings. The molecule has 40 heavy (non-hydrogen) atoms. The van der Waals surface area contributed by atoms with Crippen molar-refractivity contribution in [3.63, 3.8) is 0 Å². The van der Waals surface area contributed by atoms with E-state index in [2.05, 4.69) is 6.07 Å². The quantitative estimate of drug-likeness (QED) is 0.164. The molecule has 0 spiro atoms. The predicted octanol–water partition coefficient (Wildman–Crippen LogP) is 8.44. The second kappa shape index (κ2) is 10.6. The van der Waals surface area contributed by atoms with E-state index in [4.69, 9.17) is 43.1 Å². The number of allylic oxidation sites excluding steroid dienone is 1. The third kappa shape index (κ3) is 4.85. The van der Waals surface area contributed by atoms with Gasteiger partial charge in [-0.05, 0) is 48.0 Å². The van der Waals surface area contributed by atoms with Gasteiger partial charge in [0, 0.05) is 26.7 Å². The summed E-state index contributed by atoms with van der Waals surface area (Å²) in [7, 11) is 0. The normalized spacial score (nSPS) is 14.3. The Labute approximate surface area is 243 Å². The number of hydrogen-bond donors (Lipinski definition) is 1. The first kappa shape index (κ1) is 25.8. The molecule has 0 amide bonds. The molecule has 1 unspecified atom stereocenters. The van der Waals surface area contributed by atoms with Crippen LogP contribution in [0.4, 0.5) is 0 Å². The van der Waals surface area contributed by atoms with Gasteiger partial charge in [-0.1, -0.05) is 65.7 Å². The van der Waals surface area contributed by atoms with Gasteiger partial charge in [0.2, 0.25) is 5.88 Å². The van der Waals surface area contributed by atoms with E-state index in [9.17, 15) is 10.1 Å². The molecular weight excluding hydrogens is 567 g/mol. The van der Waals surface area contributed by atoms with Crippen LogP contribution in [0.5, 0.6) is 23.0 Å². The number of carbonyl (C=O) groups excluding carboxylic acids is 1. The summed E-state index contributed by atoms with van der Waals surface area (Å²) >= 11 is 13.7. The molecule has 4 aromatic carbocycles. The molecule has 1 aromatic heterocycles. The van der Waals surface area contributed by atoms with E-state index in [1.54, 1.807) is 36.4 Å². The molecule has 2 heterocycles. The highest BCUT2D eigenvalue weighted by atomic mass is 35.5. The summed E-state index contributed by atoms with van der Waals surface area (Å²) < 4.78 is 18.2. The molecular formula is C31H18Cl2N2O4S. The largest absolute Gasteiger partial charge is 0.457 e. The Balaban J connectivity index is 1.31. The van der Waals surface area contributed by atoms with E-state index in [1.807, 2.05) is 54.6 Å². The minimum atomic E-state index is -0.610. The zero-order valence-electron chi connectivity index (χ0n) is 20.6. The molecule has 0 saturated heterocycles. The van der Waals surface area contributed by atoms with Crippen LogP contribution in [0.1, 0.15) is 26.7 Å². The van der Waals surface area contributed by atoms with Gasteiger partial charge in [-0.3, -0.25) is 0 Å². The maximum Gasteiger partial charge on any atom is 0.355 e. The Morgan fingerprint density at radius 1 is 0.925 bits per heavy atom. The number of benzene rings is 4. The van der Waals surface area contributed by atoms with E-state index in [0.29, 0.717) is 32.9 Å². The third-order valence-corrected chi connectivity index (χ3v) is 8.22. The number of para-hydroxylation sites is 1. The Morgan fingerprint density at radius 2 is 1.73 bits per heavy atom. The van der Waals surface area contributed by atoms with Gasteiger partial charge in [0.05, 0.1) is 10.9 Å². The van der Waals surface area contributed by atoms with Crippen LogP contribution in [-0.2, 0) is 0 Å². The molecule has 6 rings (SSSR count). The highest BCUT2D eigenvalue weighted by Crippen LogP contribution is 2.44. The van der Waals surface area contributed by atoms with E-state index >= 15 is 0 Å². The summed E-state index contributed by atoms with van der Waals surface area (Å²) in [6.07, 6.45) is 0. The van der Waals surface area contributed by atoms with E-state index in [0.717, 1.165) is 15.6 Å². The molecule has 0 fully saturated rings. The molecule has 0 aliphatic carbocycles. The minimum Gasteiger partial charge on any atom is -0.457 e. The minimum absolute atomic E-state index is 0.0257. The topological polar surface area (TPSA) is 94.6 Å². The Morgan fingerprint density at radius 3 is 2.52 bits per heavy atom. The smallest absolute Gasteiger partial charge is 0.355 e. The monoisotopic (exact) mass is 584 g/mol. The fourth-order valence-corrected chi connectivity index (χ4v) is 6.21. The predicted molar refractivity (Wildman–Crippen MR) is 156 cm³/mol. The van der Waals surface area contributed by atoms with Crippen molar-refractivity contribution in [2.24, 2.45) is 5.73 Å². The number of ether oxygens (including phenoxy) is 3. The van der Waals surface area contributed by atoms with Crippen molar-refractivity contribution in [1.82, 2.24) is 0 Å². The molecule has 1 aliphatic heterocycles. The van der Waals surface area contributed by atoms with Gasteiger partial charge in [-0.25, -0.2) is 4.79 Å². The van der Waals surface area contributed by atoms with Crippen molar-refractivity contribution in [3.8, 4) is 29.1 Å². The number of hydrogen-bond acceptors (Lipinski definition) is 7. The van der Waals surface area contributed by atoms with Crippen LogP contribution in [0.3, 0.4) is 0 Å². The standard InChI is InChI=1S/C31H18Cl2N2O4S/c32-18-9-11-23-26(14-18)40-29(28(23)33)31(36)38-21-10-12-22-25(15-21)39-30(35)24(16-34)27(22)17-5-4-8-20(13-17)37-19-6-2-1-3-7-19/h1-15,27H,35H2. The maximum atomic E-state index is 13.0. The van der Waals surface area contributed by atoms with Gasteiger partial charge < -0.3 is 19.9 Å². The van der Waals surface area contributed by atoms with Gasteiger partial charge >= 0.3 is 5.97 Å². The molecule has 1 atom stereocenters. The molecule has 9 heteroatoms. The summed E-state index contributed by atoms with van der Waals surface area (Å²) in [6.45, 7) is 0. The average Bonchev–Trinajstić information content (AvgIpc) is 3.28. The Bertz CT molecular complexity index is 1860. The maximum absolute atomic E-state index is 13.0. The number of thiophene rings is 1. The first-order valence-electron chi connectivity index (χ1n) is 12.1. The molecule has 0 bridgehead atoms. The SMILES string of the molecule is N#CC1=C(N)Oc2cc(OC(=O)c3sc4cc(Cl)ccc4c3Cl)ccc2C1c1cccc(Oc2ccccc2)c1. The Hall–Kier alpha value is -4.48. The van der Waals surface area contributed by atoms with Crippen molar-refractivity contribution < 1.29 is 19.0 Å². The third-order valence-electron chi connectivity index (χ3n) is 6.35. The zero-order valence-corrected chi connectivity index (χ0v) is 22.9. The second-order valence-corrected chi connectivity index (χ2v) is 10.8. The van der Waals surface area contributed by atoms with Crippen molar-refractivity contribution in [1.29, 1.82) is 5.26 Å². The molecule has 0 radical (unpaired) electrons. The summed E-state index contributed by atoms with van der Waals surface area (Å²) in [5.41, 5.74) is 7.93. The molecule has 2 N–H and O–H groups in total. The first-order valence-corrected chi connectivity index (χ1v) is 13.6. The number of nitrogens with zero attached hydrogens (tertiary/aromatic N) is 1. The second-order valence-electron chi connectivity index (χ2n) is 8.89. The lowest BCUT2D eigenvalue weighted by molar-refractivity contribution is 0.0740. The molecule has 196 valence electrons. The van der Waals surface area contributed by atoms with Gasteiger partial charge in [-0.15, -0.1) is 11.3 Å². The number of nitrogens with two attached hydrogens (primary N) is 1. The van der Waals surface area contributed by atoms with Crippen molar-refractivity contribution >= 4 is 50.6 Å². The fourth-order valence-electron chi connectivity index (χ4n) is 4.55. The van der Waals surface area contributed by atoms with Crippen LogP contribution < -0.4 is 19.9 Å². The number of fused-ring (bicyclic) bond motifs is 2. The van der Waals surface area contributed by atoms with Crippen molar-refractivity contribution in [2.45, 2.75) is 5.92 Å². The van der Waals surface area contributed by atoms with Gasteiger partial charge in [0.15, 0.2) is 0 Å². The lowest BCUT2D eigenvalue weighted by Crippen LogP contribution is -2.21. The summed E-state index contributed by atoms with van der Waals surface area (Å²) in [5, 5.41) is 11.5. The summed E-state index contributed by atoms with van der Waals surface area (Å²) in [5.74, 6) is 0.762. The lowest BCUT2D eigenvalue weighted by Gasteiger charge is -2.27. The summed E-state index contributed by atoms with van der Waals surface area (Å²) in [4.78, 5) is 13.3. The van der Waals surface area contributed by atoms with Crippen LogP contribution in [0.2, 0.25) is 10.0 Å². The van der Waals surface area contributed by atoms with Crippen LogP contribution in [0, 0.1) is 11.3 Å². The lowest BCUT2D eigenvalue weighted by atomic mass is 9.83. The highest BCUT2D eigenvalue weighted by molar-refractivity contribution is 7.21. The van der Waals surface area contributed by atoms with Crippen molar-refractivity contribution in [2.75, 3.05) is 0 Å². The van der Waals surface area contributed by atoms with Crippen LogP contribution in [0.15, 0.2) is 102 Å². The highest BCUT2D eigenvalue weighted by Gasteiger charge is 2.31. The zero-order chi connectivity index (χ0) is 27.8. The van der Waals surface area contributed by atoms with Gasteiger partial charge in [0.1, 0.15) is 39.5 Å². The van der Waals surface area contributed by atoms with Crippen LogP contribution in [0.25, 0.3) is 10.1 Å². The number of halogens is 2. The van der Waals surface area contributed by atoms with Gasteiger partial charge in [-0.2, -0.15) is 5.26 Å². The van der Waals surface area contributed by atoms with E-state index in [1.165, 1.54) is 11.3 Å². The number of rotatable bonds is 5. The average molecular weight is 585 g/mol. The van der Waals surface area contributed by atoms with E-state index < -0.39 is 11.9 Å². The number of carbonyl (C=O) groups is 1. The van der Waals surface area contributed by atoms with E-state index in [-0.39, 0.29) is 22.1 Å². The van der Waals surface area contributed by atoms with Gasteiger partial charge in [0.25, 0.3) is 0 Å². The summed E-state index contributed by atoms with van der Waals surface area (Å²) in [6, 6.07) is 29.2. The molecule has 1 aliphatic rings.